The smallest absolute Gasteiger partial charge is 0.248 e. The summed E-state index contributed by atoms with van der Waals surface area (Å²) in [6.45, 7) is 4.96. The van der Waals surface area contributed by atoms with Gasteiger partial charge in [0.2, 0.25) is 5.91 Å². The number of morpholine rings is 1. The molecular weight excluding hydrogens is 170 g/mol. The number of ether oxygens (including phenoxy) is 1. The molecule has 0 aromatic carbocycles. The van der Waals surface area contributed by atoms with E-state index in [0.29, 0.717) is 13.2 Å². The first-order chi connectivity index (χ1) is 6.15. The Balaban J connectivity index is 2.53. The van der Waals surface area contributed by atoms with E-state index in [9.17, 15) is 9.59 Å². The van der Waals surface area contributed by atoms with Gasteiger partial charge in [-0.05, 0) is 6.92 Å². The van der Waals surface area contributed by atoms with Crippen molar-refractivity contribution >= 4 is 12.2 Å². The van der Waals surface area contributed by atoms with E-state index >= 15 is 0 Å². The SMILES string of the molecule is CC(C=O)CN1C(=O)COCC1C. The van der Waals surface area contributed by atoms with Gasteiger partial charge in [0.05, 0.1) is 12.6 Å². The average Bonchev–Trinajstić information content (AvgIpc) is 2.11. The predicted octanol–water partition coefficient (Wildman–Crippen LogP) is 0.0687. The van der Waals surface area contributed by atoms with Gasteiger partial charge < -0.3 is 14.4 Å². The molecule has 1 amide bonds. The normalized spacial score (nSPS) is 25.8. The number of carbonyl (C=O) groups is 2. The predicted molar refractivity (Wildman–Crippen MR) is 47.2 cm³/mol. The Morgan fingerprint density at radius 1 is 1.77 bits per heavy atom. The van der Waals surface area contributed by atoms with Crippen LogP contribution in [0.4, 0.5) is 0 Å². The third kappa shape index (κ3) is 2.52. The average molecular weight is 185 g/mol. The highest BCUT2D eigenvalue weighted by Crippen LogP contribution is 2.09. The van der Waals surface area contributed by atoms with Crippen LogP contribution in [0.1, 0.15) is 13.8 Å². The number of aldehydes is 1. The highest BCUT2D eigenvalue weighted by molar-refractivity contribution is 5.78. The van der Waals surface area contributed by atoms with E-state index in [2.05, 4.69) is 0 Å². The second-order valence-electron chi connectivity index (χ2n) is 3.52. The van der Waals surface area contributed by atoms with Crippen molar-refractivity contribution in [2.45, 2.75) is 19.9 Å². The van der Waals surface area contributed by atoms with Crippen molar-refractivity contribution in [2.24, 2.45) is 5.92 Å². The van der Waals surface area contributed by atoms with Crippen molar-refractivity contribution < 1.29 is 14.3 Å². The largest absolute Gasteiger partial charge is 0.370 e. The first kappa shape index (κ1) is 10.2. The van der Waals surface area contributed by atoms with Crippen LogP contribution in [-0.2, 0) is 14.3 Å². The second kappa shape index (κ2) is 4.37. The molecule has 1 aliphatic rings. The molecule has 0 bridgehead atoms. The van der Waals surface area contributed by atoms with E-state index in [1.807, 2.05) is 13.8 Å². The maximum atomic E-state index is 11.3. The summed E-state index contributed by atoms with van der Waals surface area (Å²) in [7, 11) is 0. The lowest BCUT2D eigenvalue weighted by Gasteiger charge is -2.34. The molecule has 0 aliphatic carbocycles. The molecule has 1 fully saturated rings. The van der Waals surface area contributed by atoms with Crippen LogP contribution in [0, 0.1) is 5.92 Å². The zero-order valence-electron chi connectivity index (χ0n) is 8.03. The summed E-state index contributed by atoms with van der Waals surface area (Å²) in [6.07, 6.45) is 0.870. The van der Waals surface area contributed by atoms with Crippen LogP contribution in [-0.4, -0.2) is 42.9 Å². The van der Waals surface area contributed by atoms with E-state index < -0.39 is 0 Å². The van der Waals surface area contributed by atoms with Gasteiger partial charge in [0.1, 0.15) is 12.9 Å². The molecule has 0 saturated carbocycles. The molecule has 0 spiro atoms. The van der Waals surface area contributed by atoms with E-state index in [1.54, 1.807) is 4.90 Å². The molecule has 0 aromatic heterocycles. The lowest BCUT2D eigenvalue weighted by molar-refractivity contribution is -0.148. The van der Waals surface area contributed by atoms with Gasteiger partial charge in [-0.1, -0.05) is 6.92 Å². The van der Waals surface area contributed by atoms with Crippen molar-refractivity contribution in [3.8, 4) is 0 Å². The number of hydrogen-bond donors (Lipinski definition) is 0. The molecule has 2 atom stereocenters. The van der Waals surface area contributed by atoms with Crippen LogP contribution in [0.2, 0.25) is 0 Å². The Morgan fingerprint density at radius 3 is 3.00 bits per heavy atom. The van der Waals surface area contributed by atoms with Gasteiger partial charge in [0.15, 0.2) is 0 Å². The summed E-state index contributed by atoms with van der Waals surface area (Å²) in [4.78, 5) is 23.5. The highest BCUT2D eigenvalue weighted by atomic mass is 16.5. The number of amides is 1. The Kier molecular flexibility index (Phi) is 3.42. The van der Waals surface area contributed by atoms with Crippen LogP contribution < -0.4 is 0 Å². The summed E-state index contributed by atoms with van der Waals surface area (Å²) >= 11 is 0. The quantitative estimate of drug-likeness (QED) is 0.584. The fourth-order valence-corrected chi connectivity index (χ4v) is 1.37. The molecular formula is C9H15NO3. The third-order valence-electron chi connectivity index (χ3n) is 2.15. The minimum Gasteiger partial charge on any atom is -0.370 e. The number of hydrogen-bond acceptors (Lipinski definition) is 3. The molecule has 1 heterocycles. The maximum Gasteiger partial charge on any atom is 0.248 e. The zero-order chi connectivity index (χ0) is 9.84. The first-order valence-electron chi connectivity index (χ1n) is 4.47. The van der Waals surface area contributed by atoms with Crippen LogP contribution in [0.3, 0.4) is 0 Å². The van der Waals surface area contributed by atoms with Gasteiger partial charge in [-0.3, -0.25) is 4.79 Å². The van der Waals surface area contributed by atoms with E-state index in [0.717, 1.165) is 6.29 Å². The molecule has 1 rings (SSSR count). The van der Waals surface area contributed by atoms with Gasteiger partial charge in [0, 0.05) is 12.5 Å². The van der Waals surface area contributed by atoms with Crippen molar-refractivity contribution in [1.82, 2.24) is 4.90 Å². The van der Waals surface area contributed by atoms with Crippen LogP contribution in [0.25, 0.3) is 0 Å². The Bertz CT molecular complexity index is 205. The lowest BCUT2D eigenvalue weighted by atomic mass is 10.1. The zero-order valence-corrected chi connectivity index (χ0v) is 8.03. The molecule has 4 nitrogen and oxygen atoms in total. The topological polar surface area (TPSA) is 46.6 Å². The van der Waals surface area contributed by atoms with Gasteiger partial charge in [-0.25, -0.2) is 0 Å². The molecule has 13 heavy (non-hydrogen) atoms. The summed E-state index contributed by atoms with van der Waals surface area (Å²) < 4.78 is 5.06. The number of carbonyl (C=O) groups excluding carboxylic acids is 2. The molecule has 4 heteroatoms. The summed E-state index contributed by atoms with van der Waals surface area (Å²) in [5.41, 5.74) is 0. The number of nitrogens with zero attached hydrogens (tertiary/aromatic N) is 1. The standard InChI is InChI=1S/C9H15NO3/c1-7(4-11)3-10-8(2)5-13-6-9(10)12/h4,7-8H,3,5-6H2,1-2H3. The van der Waals surface area contributed by atoms with Gasteiger partial charge in [0.25, 0.3) is 0 Å². The van der Waals surface area contributed by atoms with E-state index in [-0.39, 0.29) is 24.5 Å². The second-order valence-corrected chi connectivity index (χ2v) is 3.52. The number of rotatable bonds is 3. The molecule has 74 valence electrons. The molecule has 2 unspecified atom stereocenters. The van der Waals surface area contributed by atoms with Crippen molar-refractivity contribution in [2.75, 3.05) is 19.8 Å². The molecule has 0 radical (unpaired) electrons. The van der Waals surface area contributed by atoms with Gasteiger partial charge in [-0.15, -0.1) is 0 Å². The molecule has 0 N–H and O–H groups in total. The summed E-state index contributed by atoms with van der Waals surface area (Å²) in [5, 5.41) is 0. The Hall–Kier alpha value is -0.900. The van der Waals surface area contributed by atoms with Crippen molar-refractivity contribution in [3.05, 3.63) is 0 Å². The minimum atomic E-state index is -0.0931. The summed E-state index contributed by atoms with van der Waals surface area (Å²) in [6, 6.07) is 0.0867. The van der Waals surface area contributed by atoms with Gasteiger partial charge >= 0.3 is 0 Å². The third-order valence-corrected chi connectivity index (χ3v) is 2.15. The maximum absolute atomic E-state index is 11.3. The lowest BCUT2D eigenvalue weighted by Crippen LogP contribution is -2.49. The van der Waals surface area contributed by atoms with E-state index in [4.69, 9.17) is 4.74 Å². The minimum absolute atomic E-state index is 0.0209. The summed E-state index contributed by atoms with van der Waals surface area (Å²) in [5.74, 6) is -0.114. The van der Waals surface area contributed by atoms with Crippen LogP contribution in [0.15, 0.2) is 0 Å². The Labute approximate surface area is 77.8 Å². The monoisotopic (exact) mass is 185 g/mol. The fourth-order valence-electron chi connectivity index (χ4n) is 1.37. The fraction of sp³-hybridized carbons (Fsp3) is 0.778. The first-order valence-corrected chi connectivity index (χ1v) is 4.47. The van der Waals surface area contributed by atoms with Gasteiger partial charge in [-0.2, -0.15) is 0 Å². The van der Waals surface area contributed by atoms with Crippen molar-refractivity contribution in [3.63, 3.8) is 0 Å². The van der Waals surface area contributed by atoms with Crippen molar-refractivity contribution in [1.29, 1.82) is 0 Å². The highest BCUT2D eigenvalue weighted by Gasteiger charge is 2.26. The molecule has 0 aromatic rings. The van der Waals surface area contributed by atoms with Crippen LogP contribution in [0.5, 0.6) is 0 Å². The Morgan fingerprint density at radius 2 is 2.46 bits per heavy atom. The van der Waals surface area contributed by atoms with Crippen LogP contribution >= 0.6 is 0 Å². The van der Waals surface area contributed by atoms with E-state index in [1.165, 1.54) is 0 Å². The molecule has 1 aliphatic heterocycles. The molecule has 1 saturated heterocycles.